The van der Waals surface area contributed by atoms with Gasteiger partial charge in [0.1, 0.15) is 5.75 Å². The number of hydrogen-bond donors (Lipinski definition) is 3. The minimum atomic E-state index is -1.11. The number of rotatable bonds is 6. The predicted molar refractivity (Wildman–Crippen MR) is 74.2 cm³/mol. The van der Waals surface area contributed by atoms with Gasteiger partial charge in [-0.05, 0) is 19.1 Å². The molecule has 0 heterocycles. The molecule has 114 valence electrons. The van der Waals surface area contributed by atoms with Gasteiger partial charge in [0.2, 0.25) is 0 Å². The topological polar surface area (TPSA) is 134 Å². The fourth-order valence-corrected chi connectivity index (χ4v) is 1.39. The van der Waals surface area contributed by atoms with Crippen LogP contribution >= 0.6 is 0 Å². The number of benzene rings is 1. The van der Waals surface area contributed by atoms with E-state index in [-0.39, 0.29) is 13.0 Å². The average Bonchev–Trinajstić information content (AvgIpc) is 2.37. The quantitative estimate of drug-likeness (QED) is 0.505. The molecule has 3 amide bonds. The first-order valence-electron chi connectivity index (χ1n) is 6.16. The van der Waals surface area contributed by atoms with Gasteiger partial charge >= 0.3 is 12.0 Å². The van der Waals surface area contributed by atoms with E-state index >= 15 is 0 Å². The van der Waals surface area contributed by atoms with Crippen LogP contribution in [0, 0.1) is 0 Å². The minimum absolute atomic E-state index is 0.0526. The maximum absolute atomic E-state index is 11.5. The van der Waals surface area contributed by atoms with E-state index in [9.17, 15) is 14.4 Å². The van der Waals surface area contributed by atoms with E-state index in [1.807, 2.05) is 5.32 Å². The van der Waals surface area contributed by atoms with Gasteiger partial charge < -0.3 is 20.9 Å². The molecule has 21 heavy (non-hydrogen) atoms. The number of primary amides is 1. The summed E-state index contributed by atoms with van der Waals surface area (Å²) in [4.78, 5) is 33.2. The highest BCUT2D eigenvalue weighted by Gasteiger charge is 2.18. The molecule has 0 bridgehead atoms. The molecule has 0 aromatic heterocycles. The summed E-state index contributed by atoms with van der Waals surface area (Å²) in [6.07, 6.45) is -1.17. The number of hydrogen-bond acceptors (Lipinski definition) is 6. The molecule has 1 aromatic carbocycles. The van der Waals surface area contributed by atoms with Crippen LogP contribution in [0.25, 0.3) is 0 Å². The molecule has 1 atom stereocenters. The number of nitrogens with one attached hydrogen (secondary N) is 1. The minimum Gasteiger partial charge on any atom is -0.493 e. The van der Waals surface area contributed by atoms with Crippen molar-refractivity contribution in [3.05, 3.63) is 24.3 Å². The average molecular weight is 295 g/mol. The Morgan fingerprint density at radius 1 is 1.33 bits per heavy atom. The van der Waals surface area contributed by atoms with Gasteiger partial charge in [0.15, 0.2) is 6.10 Å². The first kappa shape index (κ1) is 16.3. The molecule has 0 aliphatic heterocycles. The van der Waals surface area contributed by atoms with Crippen molar-refractivity contribution >= 4 is 23.6 Å². The second-order valence-electron chi connectivity index (χ2n) is 4.16. The maximum atomic E-state index is 11.5. The predicted octanol–water partition coefficient (Wildman–Crippen LogP) is 0.164. The fraction of sp³-hybridized carbons (Fsp3) is 0.308. The van der Waals surface area contributed by atoms with E-state index in [4.69, 9.17) is 20.9 Å². The summed E-state index contributed by atoms with van der Waals surface area (Å²) < 4.78 is 10.1. The van der Waals surface area contributed by atoms with Gasteiger partial charge in [-0.2, -0.15) is 0 Å². The molecule has 0 radical (unpaired) electrons. The molecule has 8 nitrogen and oxygen atoms in total. The van der Waals surface area contributed by atoms with Crippen LogP contribution in [0.15, 0.2) is 24.3 Å². The summed E-state index contributed by atoms with van der Waals surface area (Å²) in [5.74, 6) is -0.888. The van der Waals surface area contributed by atoms with Gasteiger partial charge in [0.25, 0.3) is 5.91 Å². The second-order valence-corrected chi connectivity index (χ2v) is 4.16. The molecular weight excluding hydrogens is 278 g/mol. The van der Waals surface area contributed by atoms with Crippen LogP contribution in [0.4, 0.5) is 10.5 Å². The number of nitrogen functional groups attached to an aromatic ring is 1. The van der Waals surface area contributed by atoms with Crippen molar-refractivity contribution in [3.63, 3.8) is 0 Å². The van der Waals surface area contributed by atoms with Crippen LogP contribution in [0.1, 0.15) is 13.3 Å². The Morgan fingerprint density at radius 3 is 2.67 bits per heavy atom. The van der Waals surface area contributed by atoms with Crippen molar-refractivity contribution in [1.82, 2.24) is 5.32 Å². The summed E-state index contributed by atoms with van der Waals surface area (Å²) >= 11 is 0. The molecule has 0 aliphatic carbocycles. The molecule has 0 saturated carbocycles. The Kier molecular flexibility index (Phi) is 5.99. The normalized spacial score (nSPS) is 11.3. The highest BCUT2D eigenvalue weighted by molar-refractivity contribution is 5.96. The van der Waals surface area contributed by atoms with Crippen molar-refractivity contribution in [2.45, 2.75) is 19.4 Å². The molecule has 1 unspecified atom stereocenters. The zero-order valence-corrected chi connectivity index (χ0v) is 11.5. The number of amides is 3. The number of nitrogens with two attached hydrogens (primary N) is 2. The second kappa shape index (κ2) is 7.73. The molecule has 1 rings (SSSR count). The summed E-state index contributed by atoms with van der Waals surface area (Å²) in [5, 5.41) is 1.81. The van der Waals surface area contributed by atoms with Gasteiger partial charge in [0, 0.05) is 11.8 Å². The van der Waals surface area contributed by atoms with Crippen LogP contribution in [0.3, 0.4) is 0 Å². The van der Waals surface area contributed by atoms with E-state index in [1.54, 1.807) is 24.3 Å². The molecule has 1 aromatic rings. The lowest BCUT2D eigenvalue weighted by Gasteiger charge is -2.12. The van der Waals surface area contributed by atoms with Gasteiger partial charge in [-0.25, -0.2) is 4.79 Å². The third-order valence-corrected chi connectivity index (χ3v) is 2.36. The first-order chi connectivity index (χ1) is 9.88. The Balaban J connectivity index is 2.31. The third kappa shape index (κ3) is 6.28. The molecular formula is C13H17N3O5. The number of imide groups is 1. The standard InChI is InChI=1S/C13H17N3O5/c1-8(12(18)16-13(15)19)21-11(17)5-6-20-10-4-2-3-9(14)7-10/h2-4,7-8H,5-6,14H2,1H3,(H3,15,16,18,19). The summed E-state index contributed by atoms with van der Waals surface area (Å²) in [5.41, 5.74) is 10.9. The number of esters is 1. The van der Waals surface area contributed by atoms with Crippen LogP contribution in [0.5, 0.6) is 5.75 Å². The molecule has 5 N–H and O–H groups in total. The van der Waals surface area contributed by atoms with Gasteiger partial charge in [0.05, 0.1) is 13.0 Å². The maximum Gasteiger partial charge on any atom is 0.318 e. The Hall–Kier alpha value is -2.77. The number of carbonyl (C=O) groups is 3. The molecule has 0 fully saturated rings. The monoisotopic (exact) mass is 295 g/mol. The Labute approximate surface area is 121 Å². The highest BCUT2D eigenvalue weighted by atomic mass is 16.5. The van der Waals surface area contributed by atoms with E-state index in [0.717, 1.165) is 0 Å². The van der Waals surface area contributed by atoms with Crippen LogP contribution in [0.2, 0.25) is 0 Å². The van der Waals surface area contributed by atoms with Crippen LogP contribution in [-0.4, -0.2) is 30.6 Å². The molecule has 0 spiro atoms. The summed E-state index contributed by atoms with van der Waals surface area (Å²) in [7, 11) is 0. The number of ether oxygens (including phenoxy) is 2. The van der Waals surface area contributed by atoms with Crippen LogP contribution in [-0.2, 0) is 14.3 Å². The van der Waals surface area contributed by atoms with Gasteiger partial charge in [-0.15, -0.1) is 0 Å². The lowest BCUT2D eigenvalue weighted by atomic mass is 10.3. The van der Waals surface area contributed by atoms with Crippen molar-refractivity contribution in [3.8, 4) is 5.75 Å². The number of anilines is 1. The molecule has 0 aliphatic rings. The Bertz CT molecular complexity index is 532. The molecule has 8 heteroatoms. The summed E-state index contributed by atoms with van der Waals surface area (Å²) in [6.45, 7) is 1.40. The van der Waals surface area contributed by atoms with Crippen molar-refractivity contribution in [1.29, 1.82) is 0 Å². The first-order valence-corrected chi connectivity index (χ1v) is 6.16. The SMILES string of the molecule is CC(OC(=O)CCOc1cccc(N)c1)C(=O)NC(N)=O. The van der Waals surface area contributed by atoms with Crippen molar-refractivity contribution < 1.29 is 23.9 Å². The zero-order chi connectivity index (χ0) is 15.8. The number of urea groups is 1. The zero-order valence-electron chi connectivity index (χ0n) is 11.5. The van der Waals surface area contributed by atoms with E-state index < -0.39 is 24.0 Å². The van der Waals surface area contributed by atoms with E-state index in [1.165, 1.54) is 6.92 Å². The summed E-state index contributed by atoms with van der Waals surface area (Å²) in [6, 6.07) is 5.74. The van der Waals surface area contributed by atoms with Crippen molar-refractivity contribution in [2.24, 2.45) is 5.73 Å². The van der Waals surface area contributed by atoms with E-state index in [0.29, 0.717) is 11.4 Å². The van der Waals surface area contributed by atoms with E-state index in [2.05, 4.69) is 0 Å². The van der Waals surface area contributed by atoms with Gasteiger partial charge in [-0.1, -0.05) is 6.07 Å². The molecule has 0 saturated heterocycles. The lowest BCUT2D eigenvalue weighted by Crippen LogP contribution is -2.42. The van der Waals surface area contributed by atoms with Crippen molar-refractivity contribution in [2.75, 3.05) is 12.3 Å². The smallest absolute Gasteiger partial charge is 0.318 e. The number of carbonyl (C=O) groups excluding carboxylic acids is 3. The highest BCUT2D eigenvalue weighted by Crippen LogP contribution is 2.14. The largest absolute Gasteiger partial charge is 0.493 e. The third-order valence-electron chi connectivity index (χ3n) is 2.36. The lowest BCUT2D eigenvalue weighted by molar-refractivity contribution is -0.154. The fourth-order valence-electron chi connectivity index (χ4n) is 1.39. The van der Waals surface area contributed by atoms with Crippen LogP contribution < -0.4 is 21.5 Å². The van der Waals surface area contributed by atoms with Gasteiger partial charge in [-0.3, -0.25) is 14.9 Å². The Morgan fingerprint density at radius 2 is 2.05 bits per heavy atom.